The Labute approximate surface area is 250 Å². The molecule has 2 N–H and O–H groups in total. The summed E-state index contributed by atoms with van der Waals surface area (Å²) in [5.41, 5.74) is 9.92. The summed E-state index contributed by atoms with van der Waals surface area (Å²) >= 11 is 0. The maximum absolute atomic E-state index is 14.1. The van der Waals surface area contributed by atoms with Gasteiger partial charge in [-0.2, -0.15) is 16.8 Å². The first-order valence-corrected chi connectivity index (χ1v) is 16.0. The zero-order valence-corrected chi connectivity index (χ0v) is 25.6. The lowest BCUT2D eigenvalue weighted by Gasteiger charge is -2.22. The van der Waals surface area contributed by atoms with Crippen LogP contribution in [0.15, 0.2) is 82.6 Å². The van der Waals surface area contributed by atoms with Crippen LogP contribution in [0.3, 0.4) is 0 Å². The second kappa shape index (κ2) is 11.3. The number of benzene rings is 4. The van der Waals surface area contributed by atoms with E-state index >= 15 is 0 Å². The van der Waals surface area contributed by atoms with Gasteiger partial charge in [0.05, 0.1) is 7.11 Å². The second-order valence-electron chi connectivity index (χ2n) is 10.3. The van der Waals surface area contributed by atoms with Crippen molar-refractivity contribution in [2.75, 3.05) is 12.8 Å². The summed E-state index contributed by atoms with van der Waals surface area (Å²) in [6.07, 6.45) is 0. The van der Waals surface area contributed by atoms with Crippen LogP contribution in [0.4, 0.5) is 5.69 Å². The van der Waals surface area contributed by atoms with Crippen molar-refractivity contribution in [2.45, 2.75) is 43.7 Å². The normalized spacial score (nSPS) is 13.0. The van der Waals surface area contributed by atoms with E-state index in [1.807, 2.05) is 13.0 Å². The molecule has 1 heterocycles. The first kappa shape index (κ1) is 29.9. The van der Waals surface area contributed by atoms with Gasteiger partial charge in [0.15, 0.2) is 11.5 Å². The number of nitrogens with two attached hydrogens (primary N) is 1. The number of carbonyl (C=O) groups excluding carboxylic acids is 1. The fourth-order valence-corrected chi connectivity index (χ4v) is 6.72. The third-order valence-corrected chi connectivity index (χ3v) is 9.69. The molecule has 12 heteroatoms. The number of ether oxygens (including phenoxy) is 1. The van der Waals surface area contributed by atoms with Crippen molar-refractivity contribution in [1.82, 2.24) is 4.90 Å². The Hall–Kier alpha value is -4.55. The van der Waals surface area contributed by atoms with Crippen LogP contribution in [0.2, 0.25) is 0 Å². The molecule has 0 saturated heterocycles. The van der Waals surface area contributed by atoms with Crippen LogP contribution < -0.4 is 18.8 Å². The average molecular weight is 623 g/mol. The Kier molecular flexibility index (Phi) is 7.84. The smallest absolute Gasteiger partial charge is 0.339 e. The van der Waals surface area contributed by atoms with E-state index in [1.54, 1.807) is 43.3 Å². The third kappa shape index (κ3) is 5.88. The van der Waals surface area contributed by atoms with E-state index in [0.717, 1.165) is 28.3 Å². The number of nitrogen functional groups attached to an aromatic ring is 1. The van der Waals surface area contributed by atoms with Crippen molar-refractivity contribution in [1.29, 1.82) is 0 Å². The highest BCUT2D eigenvalue weighted by Gasteiger charge is 2.34. The van der Waals surface area contributed by atoms with Crippen molar-refractivity contribution in [3.8, 4) is 17.2 Å². The lowest BCUT2D eigenvalue weighted by molar-refractivity contribution is 0.0746. The summed E-state index contributed by atoms with van der Waals surface area (Å²) in [6.45, 7) is 5.51. The number of rotatable bonds is 8. The van der Waals surface area contributed by atoms with Crippen LogP contribution >= 0.6 is 0 Å². The predicted octanol–water partition coefficient (Wildman–Crippen LogP) is 4.89. The minimum Gasteiger partial charge on any atom is -0.495 e. The summed E-state index contributed by atoms with van der Waals surface area (Å²) in [5.74, 6) is -1.42. The highest BCUT2D eigenvalue weighted by atomic mass is 32.2. The molecule has 0 fully saturated rings. The van der Waals surface area contributed by atoms with E-state index in [4.69, 9.17) is 18.8 Å². The number of aryl methyl sites for hydroxylation is 2. The molecule has 5 rings (SSSR count). The molecule has 0 aromatic heterocycles. The second-order valence-corrected chi connectivity index (χ2v) is 13.3. The van der Waals surface area contributed by atoms with E-state index in [-0.39, 0.29) is 45.5 Å². The monoisotopic (exact) mass is 622 g/mol. The van der Waals surface area contributed by atoms with Gasteiger partial charge in [0, 0.05) is 30.4 Å². The largest absolute Gasteiger partial charge is 0.495 e. The lowest BCUT2D eigenvalue weighted by atomic mass is 10.1. The lowest BCUT2D eigenvalue weighted by Crippen LogP contribution is -2.27. The van der Waals surface area contributed by atoms with Crippen LogP contribution in [-0.4, -0.2) is 34.8 Å². The van der Waals surface area contributed by atoms with Gasteiger partial charge in [-0.25, -0.2) is 0 Å². The van der Waals surface area contributed by atoms with Gasteiger partial charge in [-0.15, -0.1) is 0 Å². The summed E-state index contributed by atoms with van der Waals surface area (Å²) in [6, 6.07) is 18.4. The molecule has 224 valence electrons. The minimum absolute atomic E-state index is 0.0976. The predicted molar refractivity (Wildman–Crippen MR) is 160 cm³/mol. The number of nitrogens with zero attached hydrogens (tertiary/aromatic N) is 1. The maximum atomic E-state index is 14.1. The average Bonchev–Trinajstić information content (AvgIpc) is 3.40. The number of hydrogen-bond donors (Lipinski definition) is 1. The van der Waals surface area contributed by atoms with E-state index in [9.17, 15) is 21.6 Å². The zero-order valence-electron chi connectivity index (χ0n) is 23.9. The summed E-state index contributed by atoms with van der Waals surface area (Å²) in [7, 11) is -7.55. The standard InChI is InChI=1S/C31H30N2O8S2/c1-19-8-12-23(13-9-19)42(35,36)40-27-16-28(41-43(37,38)24-14-10-20(2)11-15-24)29(30(39-4)21(27)3)31(34)33-17-22-6-5-7-26(32)25(22)18-33/h5-16H,17-18,32H2,1-4H3. The van der Waals surface area contributed by atoms with Gasteiger partial charge in [-0.05, 0) is 62.2 Å². The highest BCUT2D eigenvalue weighted by Crippen LogP contribution is 2.43. The maximum Gasteiger partial charge on any atom is 0.339 e. The molecule has 1 aliphatic rings. The van der Waals surface area contributed by atoms with Gasteiger partial charge in [-0.3, -0.25) is 4.79 Å². The summed E-state index contributed by atoms with van der Waals surface area (Å²) in [5, 5.41) is 0. The molecular formula is C31H30N2O8S2. The molecule has 1 amide bonds. The molecule has 0 spiro atoms. The number of anilines is 1. The van der Waals surface area contributed by atoms with Crippen LogP contribution in [0.25, 0.3) is 0 Å². The number of amides is 1. The van der Waals surface area contributed by atoms with Gasteiger partial charge >= 0.3 is 20.2 Å². The number of fused-ring (bicyclic) bond motifs is 1. The molecular weight excluding hydrogens is 592 g/mol. The van der Waals surface area contributed by atoms with Crippen LogP contribution in [-0.2, 0) is 33.3 Å². The molecule has 1 aliphatic heterocycles. The highest BCUT2D eigenvalue weighted by molar-refractivity contribution is 7.87. The van der Waals surface area contributed by atoms with E-state index in [1.165, 1.54) is 43.2 Å². The Morgan fingerprint density at radius 1 is 0.767 bits per heavy atom. The minimum atomic E-state index is -4.48. The summed E-state index contributed by atoms with van der Waals surface area (Å²) < 4.78 is 69.8. The number of methoxy groups -OCH3 is 1. The van der Waals surface area contributed by atoms with Gasteiger partial charge in [0.25, 0.3) is 5.91 Å². The molecule has 0 aliphatic carbocycles. The Bertz CT molecular complexity index is 1940. The van der Waals surface area contributed by atoms with E-state index < -0.39 is 31.9 Å². The molecule has 4 aromatic rings. The fourth-order valence-electron chi connectivity index (χ4n) is 4.81. The SMILES string of the molecule is COc1c(C)c(OS(=O)(=O)c2ccc(C)cc2)cc(OS(=O)(=O)c2ccc(C)cc2)c1C(=O)N1Cc2cccc(N)c2C1. The van der Waals surface area contributed by atoms with E-state index in [2.05, 4.69) is 0 Å². The van der Waals surface area contributed by atoms with Crippen LogP contribution in [0, 0.1) is 20.8 Å². The Balaban J connectivity index is 1.63. The van der Waals surface area contributed by atoms with E-state index in [0.29, 0.717) is 5.69 Å². The molecule has 4 aromatic carbocycles. The van der Waals surface area contributed by atoms with Crippen molar-refractivity contribution in [2.24, 2.45) is 0 Å². The van der Waals surface area contributed by atoms with Crippen molar-refractivity contribution in [3.63, 3.8) is 0 Å². The van der Waals surface area contributed by atoms with Gasteiger partial charge in [0.1, 0.15) is 21.1 Å². The first-order chi connectivity index (χ1) is 20.3. The number of hydrogen-bond acceptors (Lipinski definition) is 9. The van der Waals surface area contributed by atoms with Crippen molar-refractivity contribution >= 4 is 31.8 Å². The fraction of sp³-hybridized carbons (Fsp3) is 0.194. The number of carbonyl (C=O) groups is 1. The van der Waals surface area contributed by atoms with Crippen LogP contribution in [0.5, 0.6) is 17.2 Å². The molecule has 0 bridgehead atoms. The quantitative estimate of drug-likeness (QED) is 0.215. The third-order valence-electron chi connectivity index (χ3n) is 7.19. The van der Waals surface area contributed by atoms with Gasteiger partial charge in [-0.1, -0.05) is 47.5 Å². The van der Waals surface area contributed by atoms with Crippen LogP contribution in [0.1, 0.15) is 38.2 Å². The molecule has 0 unspecified atom stereocenters. The zero-order chi connectivity index (χ0) is 31.1. The topological polar surface area (TPSA) is 142 Å². The van der Waals surface area contributed by atoms with Gasteiger partial charge < -0.3 is 23.7 Å². The Morgan fingerprint density at radius 3 is 1.81 bits per heavy atom. The molecule has 43 heavy (non-hydrogen) atoms. The first-order valence-electron chi connectivity index (χ1n) is 13.2. The van der Waals surface area contributed by atoms with Gasteiger partial charge in [0.2, 0.25) is 0 Å². The molecule has 0 atom stereocenters. The van der Waals surface area contributed by atoms with Crippen molar-refractivity contribution in [3.05, 3.63) is 106 Å². The van der Waals surface area contributed by atoms with Crippen molar-refractivity contribution < 1.29 is 34.7 Å². The molecule has 0 saturated carbocycles. The molecule has 0 radical (unpaired) electrons. The molecule has 10 nitrogen and oxygen atoms in total. The Morgan fingerprint density at radius 2 is 1.30 bits per heavy atom. The summed E-state index contributed by atoms with van der Waals surface area (Å²) in [4.78, 5) is 15.3.